The van der Waals surface area contributed by atoms with E-state index in [-0.39, 0.29) is 11.8 Å². The zero-order valence-electron chi connectivity index (χ0n) is 11.1. The zero-order chi connectivity index (χ0) is 14.3. The van der Waals surface area contributed by atoms with Gasteiger partial charge in [-0.3, -0.25) is 4.79 Å². The maximum atomic E-state index is 12.3. The van der Waals surface area contributed by atoms with Crippen molar-refractivity contribution < 1.29 is 14.7 Å². The van der Waals surface area contributed by atoms with Crippen LogP contribution in [0.25, 0.3) is 10.9 Å². The van der Waals surface area contributed by atoms with Crippen molar-refractivity contribution in [3.05, 3.63) is 36.0 Å². The van der Waals surface area contributed by atoms with Gasteiger partial charge in [0, 0.05) is 10.9 Å². The summed E-state index contributed by atoms with van der Waals surface area (Å²) in [6, 6.07) is 9.29. The Morgan fingerprint density at radius 3 is 2.65 bits per heavy atom. The Morgan fingerprint density at radius 2 is 2.05 bits per heavy atom. The number of carbonyl (C=O) groups is 2. The molecule has 0 aliphatic heterocycles. The summed E-state index contributed by atoms with van der Waals surface area (Å²) in [6.45, 7) is 1.58. The minimum Gasteiger partial charge on any atom is -0.480 e. The normalized spacial score (nSPS) is 17.6. The molecule has 1 fully saturated rings. The summed E-state index contributed by atoms with van der Waals surface area (Å²) >= 11 is 0. The molecule has 0 radical (unpaired) electrons. The van der Waals surface area contributed by atoms with Gasteiger partial charge in [0.05, 0.1) is 0 Å². The van der Waals surface area contributed by atoms with E-state index in [4.69, 9.17) is 0 Å². The van der Waals surface area contributed by atoms with Crippen LogP contribution in [0.2, 0.25) is 0 Å². The number of para-hydroxylation sites is 1. The van der Waals surface area contributed by atoms with Gasteiger partial charge in [-0.05, 0) is 37.8 Å². The van der Waals surface area contributed by atoms with E-state index in [1.165, 1.54) is 0 Å². The van der Waals surface area contributed by atoms with Gasteiger partial charge in [0.25, 0.3) is 5.91 Å². The fourth-order valence-corrected chi connectivity index (χ4v) is 2.49. The Labute approximate surface area is 116 Å². The second-order valence-electron chi connectivity index (χ2n) is 5.51. The van der Waals surface area contributed by atoms with Gasteiger partial charge in [0.1, 0.15) is 11.2 Å². The first-order valence-corrected chi connectivity index (χ1v) is 6.64. The number of benzene rings is 1. The van der Waals surface area contributed by atoms with Crippen molar-refractivity contribution in [2.75, 3.05) is 0 Å². The molecule has 1 aliphatic carbocycles. The van der Waals surface area contributed by atoms with Crippen LogP contribution < -0.4 is 5.32 Å². The van der Waals surface area contributed by atoms with Gasteiger partial charge in [-0.1, -0.05) is 18.2 Å². The maximum Gasteiger partial charge on any atom is 0.329 e. The van der Waals surface area contributed by atoms with E-state index in [2.05, 4.69) is 10.3 Å². The van der Waals surface area contributed by atoms with Gasteiger partial charge in [-0.15, -0.1) is 0 Å². The lowest BCUT2D eigenvalue weighted by atomic mass is 9.96. The van der Waals surface area contributed by atoms with Crippen LogP contribution in [0.4, 0.5) is 0 Å². The van der Waals surface area contributed by atoms with Gasteiger partial charge in [0.15, 0.2) is 0 Å². The molecule has 1 aliphatic rings. The number of carboxylic acid groups (broad SMARTS) is 1. The second kappa shape index (κ2) is 4.37. The van der Waals surface area contributed by atoms with Crippen molar-refractivity contribution in [2.45, 2.75) is 25.3 Å². The van der Waals surface area contributed by atoms with E-state index in [0.717, 1.165) is 23.7 Å². The summed E-state index contributed by atoms with van der Waals surface area (Å²) in [5.41, 5.74) is 0.0643. The molecule has 0 saturated heterocycles. The lowest BCUT2D eigenvalue weighted by Gasteiger charge is -2.25. The summed E-state index contributed by atoms with van der Waals surface area (Å²) in [4.78, 5) is 26.7. The average Bonchev–Trinajstić information content (AvgIpc) is 3.17. The van der Waals surface area contributed by atoms with Crippen LogP contribution in [0.3, 0.4) is 0 Å². The van der Waals surface area contributed by atoms with E-state index in [1.807, 2.05) is 24.3 Å². The number of aromatic amines is 1. The van der Waals surface area contributed by atoms with Crippen LogP contribution >= 0.6 is 0 Å². The third-order valence-corrected chi connectivity index (χ3v) is 3.99. The van der Waals surface area contributed by atoms with Crippen molar-refractivity contribution in [1.82, 2.24) is 10.3 Å². The Balaban J connectivity index is 1.86. The number of aromatic nitrogens is 1. The van der Waals surface area contributed by atoms with E-state index >= 15 is 0 Å². The molecule has 1 saturated carbocycles. The van der Waals surface area contributed by atoms with Gasteiger partial charge >= 0.3 is 5.97 Å². The second-order valence-corrected chi connectivity index (χ2v) is 5.51. The maximum absolute atomic E-state index is 12.3. The number of nitrogens with one attached hydrogen (secondary N) is 2. The molecule has 1 atom stereocenters. The Morgan fingerprint density at radius 1 is 1.35 bits per heavy atom. The Bertz CT molecular complexity index is 654. The third kappa shape index (κ3) is 2.05. The fourth-order valence-electron chi connectivity index (χ4n) is 2.49. The highest BCUT2D eigenvalue weighted by molar-refractivity contribution is 6.00. The summed E-state index contributed by atoms with van der Waals surface area (Å²) in [5, 5.41) is 12.9. The Kier molecular flexibility index (Phi) is 2.78. The molecule has 0 spiro atoms. The van der Waals surface area contributed by atoms with Gasteiger partial charge in [-0.25, -0.2) is 4.79 Å². The predicted octanol–water partition coefficient (Wildman–Crippen LogP) is 2.15. The van der Waals surface area contributed by atoms with Crippen LogP contribution in [0, 0.1) is 5.92 Å². The number of amides is 1. The highest BCUT2D eigenvalue weighted by Crippen LogP contribution is 2.39. The Hall–Kier alpha value is -2.30. The van der Waals surface area contributed by atoms with Gasteiger partial charge in [-0.2, -0.15) is 0 Å². The number of aliphatic carboxylic acids is 1. The number of hydrogen-bond donors (Lipinski definition) is 3. The SMILES string of the molecule is CC(NC(=O)c1cc2ccccc2[nH]1)(C(=O)O)C1CC1. The van der Waals surface area contributed by atoms with Crippen LogP contribution in [0.5, 0.6) is 0 Å². The lowest BCUT2D eigenvalue weighted by Crippen LogP contribution is -2.54. The van der Waals surface area contributed by atoms with Crippen molar-refractivity contribution in [1.29, 1.82) is 0 Å². The van der Waals surface area contributed by atoms with Gasteiger partial charge < -0.3 is 15.4 Å². The molecule has 104 valence electrons. The molecular weight excluding hydrogens is 256 g/mol. The zero-order valence-corrected chi connectivity index (χ0v) is 11.1. The average molecular weight is 272 g/mol. The number of rotatable bonds is 4. The van der Waals surface area contributed by atoms with Crippen molar-refractivity contribution in [2.24, 2.45) is 5.92 Å². The fraction of sp³-hybridized carbons (Fsp3) is 0.333. The van der Waals surface area contributed by atoms with Crippen molar-refractivity contribution >= 4 is 22.8 Å². The van der Waals surface area contributed by atoms with Crippen LogP contribution in [-0.2, 0) is 4.79 Å². The van der Waals surface area contributed by atoms with Crippen molar-refractivity contribution in [3.63, 3.8) is 0 Å². The minimum atomic E-state index is -1.19. The molecule has 3 rings (SSSR count). The highest BCUT2D eigenvalue weighted by atomic mass is 16.4. The molecule has 5 heteroatoms. The van der Waals surface area contributed by atoms with E-state index in [1.54, 1.807) is 13.0 Å². The van der Waals surface area contributed by atoms with Crippen molar-refractivity contribution in [3.8, 4) is 0 Å². The summed E-state index contributed by atoms with van der Waals surface area (Å²) in [5.74, 6) is -1.34. The first-order chi connectivity index (χ1) is 9.50. The summed E-state index contributed by atoms with van der Waals surface area (Å²) < 4.78 is 0. The quantitative estimate of drug-likeness (QED) is 0.797. The first kappa shape index (κ1) is 12.7. The van der Waals surface area contributed by atoms with E-state index in [9.17, 15) is 14.7 Å². The third-order valence-electron chi connectivity index (χ3n) is 3.99. The molecule has 1 amide bonds. The molecule has 20 heavy (non-hydrogen) atoms. The predicted molar refractivity (Wildman–Crippen MR) is 74.5 cm³/mol. The summed E-state index contributed by atoms with van der Waals surface area (Å²) in [7, 11) is 0. The molecule has 1 unspecified atom stereocenters. The van der Waals surface area contributed by atoms with Crippen LogP contribution in [0.15, 0.2) is 30.3 Å². The minimum absolute atomic E-state index is 0.0216. The molecule has 1 heterocycles. The lowest BCUT2D eigenvalue weighted by molar-refractivity contribution is -0.144. The number of carboxylic acids is 1. The highest BCUT2D eigenvalue weighted by Gasteiger charge is 2.48. The van der Waals surface area contributed by atoms with Gasteiger partial charge in [0.2, 0.25) is 0 Å². The standard InChI is InChI=1S/C15H16N2O3/c1-15(14(19)20,10-6-7-10)17-13(18)12-8-9-4-2-3-5-11(9)16-12/h2-5,8,10,16H,6-7H2,1H3,(H,17,18)(H,19,20). The first-order valence-electron chi connectivity index (χ1n) is 6.64. The molecule has 5 nitrogen and oxygen atoms in total. The monoisotopic (exact) mass is 272 g/mol. The molecule has 1 aromatic carbocycles. The number of fused-ring (bicyclic) bond motifs is 1. The molecular formula is C15H16N2O3. The van der Waals surface area contributed by atoms with E-state index in [0.29, 0.717) is 5.69 Å². The number of H-pyrrole nitrogens is 1. The smallest absolute Gasteiger partial charge is 0.329 e. The number of hydrogen-bond acceptors (Lipinski definition) is 2. The van der Waals surface area contributed by atoms with Crippen LogP contribution in [-0.4, -0.2) is 27.5 Å². The van der Waals surface area contributed by atoms with Crippen LogP contribution in [0.1, 0.15) is 30.3 Å². The molecule has 0 bridgehead atoms. The largest absolute Gasteiger partial charge is 0.480 e. The molecule has 1 aromatic heterocycles. The molecule has 2 aromatic rings. The van der Waals surface area contributed by atoms with E-state index < -0.39 is 11.5 Å². The number of carbonyl (C=O) groups excluding carboxylic acids is 1. The summed E-state index contributed by atoms with van der Waals surface area (Å²) in [6.07, 6.45) is 1.69. The molecule has 3 N–H and O–H groups in total. The topological polar surface area (TPSA) is 82.2 Å².